The second-order valence-corrected chi connectivity index (χ2v) is 11.8. The zero-order chi connectivity index (χ0) is 22.7. The Balaban J connectivity index is 1.37. The lowest BCUT2D eigenvalue weighted by molar-refractivity contribution is -0.136. The summed E-state index contributed by atoms with van der Waals surface area (Å²) in [5.74, 6) is -0.778. The number of nitrogens with zero attached hydrogens (tertiary/aromatic N) is 2. The third kappa shape index (κ3) is 3.19. The van der Waals surface area contributed by atoms with E-state index in [0.29, 0.717) is 51.0 Å². The number of carbonyl (C=O) groups is 3. The van der Waals surface area contributed by atoms with Crippen molar-refractivity contribution in [1.82, 2.24) is 20.4 Å². The molecule has 0 bridgehead atoms. The summed E-state index contributed by atoms with van der Waals surface area (Å²) in [6.45, 7) is 2.20. The molecule has 3 amide bonds. The minimum Gasteiger partial charge on any atom is -0.322 e. The van der Waals surface area contributed by atoms with Gasteiger partial charge in [-0.1, -0.05) is 18.2 Å². The van der Waals surface area contributed by atoms with E-state index in [9.17, 15) is 22.8 Å². The van der Waals surface area contributed by atoms with Crippen LogP contribution in [0.5, 0.6) is 0 Å². The predicted molar refractivity (Wildman–Crippen MR) is 116 cm³/mol. The third-order valence-electron chi connectivity index (χ3n) is 7.64. The first kappa shape index (κ1) is 21.5. The predicted octanol–water partition coefficient (Wildman–Crippen LogP) is -0.201. The quantitative estimate of drug-likeness (QED) is 0.598. The Hall–Kier alpha value is -2.30. The van der Waals surface area contributed by atoms with Gasteiger partial charge in [0.25, 0.3) is 5.91 Å². The van der Waals surface area contributed by atoms with Gasteiger partial charge in [-0.2, -0.15) is 0 Å². The van der Waals surface area contributed by atoms with Gasteiger partial charge in [-0.3, -0.25) is 24.6 Å². The summed E-state index contributed by atoms with van der Waals surface area (Å²) < 4.78 is 24.7. The molecule has 0 radical (unpaired) electrons. The molecule has 5 rings (SSSR count). The fourth-order valence-corrected chi connectivity index (χ4v) is 8.38. The molecule has 3 fully saturated rings. The lowest BCUT2D eigenvalue weighted by Crippen LogP contribution is -2.71. The van der Waals surface area contributed by atoms with Crippen molar-refractivity contribution in [3.8, 4) is 0 Å². The van der Waals surface area contributed by atoms with Crippen molar-refractivity contribution in [3.63, 3.8) is 0 Å². The molecule has 9 nitrogen and oxygen atoms in total. The number of piperidine rings is 2. The molecule has 2 N–H and O–H groups in total. The van der Waals surface area contributed by atoms with E-state index in [2.05, 4.69) is 15.5 Å². The average Bonchev–Trinajstić information content (AvgIpc) is 3.10. The van der Waals surface area contributed by atoms with Gasteiger partial charge in [0.05, 0.1) is 10.5 Å². The van der Waals surface area contributed by atoms with Crippen LogP contribution in [0.15, 0.2) is 18.2 Å². The van der Waals surface area contributed by atoms with Crippen molar-refractivity contribution < 1.29 is 22.8 Å². The third-order valence-corrected chi connectivity index (χ3v) is 10.3. The highest BCUT2D eigenvalue weighted by Crippen LogP contribution is 2.44. The Labute approximate surface area is 187 Å². The van der Waals surface area contributed by atoms with Crippen LogP contribution in [-0.4, -0.2) is 78.7 Å². The molecule has 4 heterocycles. The molecule has 1 aromatic rings. The molecule has 1 spiro atoms. The van der Waals surface area contributed by atoms with Gasteiger partial charge >= 0.3 is 0 Å². The maximum atomic E-state index is 13.3. The molecule has 172 valence electrons. The zero-order valence-electron chi connectivity index (χ0n) is 18.1. The van der Waals surface area contributed by atoms with Gasteiger partial charge in [0.1, 0.15) is 6.04 Å². The number of imide groups is 1. The van der Waals surface area contributed by atoms with E-state index in [1.165, 1.54) is 0 Å². The second kappa shape index (κ2) is 7.64. The topological polar surface area (TPSA) is 116 Å². The van der Waals surface area contributed by atoms with Crippen LogP contribution in [0.2, 0.25) is 0 Å². The molecule has 4 aliphatic rings. The van der Waals surface area contributed by atoms with Gasteiger partial charge in [0.15, 0.2) is 9.84 Å². The van der Waals surface area contributed by atoms with Crippen LogP contribution < -0.4 is 10.6 Å². The number of nitrogens with one attached hydrogen (secondary N) is 2. The highest BCUT2D eigenvalue weighted by atomic mass is 32.2. The molecule has 3 saturated heterocycles. The van der Waals surface area contributed by atoms with Crippen LogP contribution >= 0.6 is 0 Å². The summed E-state index contributed by atoms with van der Waals surface area (Å²) in [7, 11) is -1.19. The zero-order valence-corrected chi connectivity index (χ0v) is 18.9. The smallest absolute Gasteiger partial charge is 0.255 e. The summed E-state index contributed by atoms with van der Waals surface area (Å²) in [6, 6.07) is 4.98. The summed E-state index contributed by atoms with van der Waals surface area (Å²) in [5.41, 5.74) is 2.31. The van der Waals surface area contributed by atoms with Crippen molar-refractivity contribution in [2.75, 3.05) is 25.9 Å². The Kier molecular flexibility index (Phi) is 5.14. The number of hydrogen-bond donors (Lipinski definition) is 2. The van der Waals surface area contributed by atoms with Crippen LogP contribution in [0.1, 0.15) is 47.2 Å². The largest absolute Gasteiger partial charge is 0.322 e. The first-order valence-corrected chi connectivity index (χ1v) is 12.8. The molecule has 0 aliphatic carbocycles. The summed E-state index contributed by atoms with van der Waals surface area (Å²) >= 11 is 0. The van der Waals surface area contributed by atoms with Crippen molar-refractivity contribution >= 4 is 27.6 Å². The average molecular weight is 461 g/mol. The Morgan fingerprint density at radius 2 is 1.94 bits per heavy atom. The number of amides is 3. The SMILES string of the molecule is CN(Cc1cccc2c1C(=O)N(C1CCC(=O)NC1=O)C2)C1CS(=O)(=O)C12CCNCC2. The normalized spacial score (nSPS) is 28.6. The van der Waals surface area contributed by atoms with Gasteiger partial charge in [-0.15, -0.1) is 0 Å². The van der Waals surface area contributed by atoms with Crippen LogP contribution in [0.25, 0.3) is 0 Å². The molecule has 2 unspecified atom stereocenters. The van der Waals surface area contributed by atoms with Crippen LogP contribution in [0.4, 0.5) is 0 Å². The molecule has 4 aliphatic heterocycles. The van der Waals surface area contributed by atoms with E-state index < -0.39 is 26.5 Å². The molecular weight excluding hydrogens is 432 g/mol. The van der Waals surface area contributed by atoms with E-state index in [1.54, 1.807) is 4.90 Å². The molecule has 0 aromatic heterocycles. The van der Waals surface area contributed by atoms with E-state index in [0.717, 1.165) is 11.1 Å². The summed E-state index contributed by atoms with van der Waals surface area (Å²) in [4.78, 5) is 40.8. The van der Waals surface area contributed by atoms with E-state index >= 15 is 0 Å². The number of rotatable bonds is 4. The maximum absolute atomic E-state index is 13.3. The molecule has 2 atom stereocenters. The van der Waals surface area contributed by atoms with Gasteiger partial charge in [-0.05, 0) is 50.5 Å². The fourth-order valence-electron chi connectivity index (χ4n) is 5.86. The van der Waals surface area contributed by atoms with Crippen molar-refractivity contribution in [2.45, 2.75) is 55.6 Å². The number of hydrogen-bond acceptors (Lipinski definition) is 7. The lowest BCUT2D eigenvalue weighted by Gasteiger charge is -2.54. The van der Waals surface area contributed by atoms with Crippen molar-refractivity contribution in [3.05, 3.63) is 34.9 Å². The number of sulfone groups is 1. The minimum atomic E-state index is -3.12. The maximum Gasteiger partial charge on any atom is 0.255 e. The standard InChI is InChI=1S/C22H28N4O5S/c1-25(17-13-32(30,31)22(17)7-9-23-10-8-22)11-14-3-2-4-15-12-26(21(29)19(14)15)16-5-6-18(27)24-20(16)28/h2-4,16-17,23H,5-13H2,1H3,(H,24,27,28). The second-order valence-electron chi connectivity index (χ2n) is 9.38. The first-order valence-electron chi connectivity index (χ1n) is 11.1. The van der Waals surface area contributed by atoms with E-state index in [1.807, 2.05) is 25.2 Å². The van der Waals surface area contributed by atoms with E-state index in [4.69, 9.17) is 0 Å². The molecular formula is C22H28N4O5S. The van der Waals surface area contributed by atoms with Gasteiger partial charge < -0.3 is 10.2 Å². The van der Waals surface area contributed by atoms with Crippen molar-refractivity contribution in [2.24, 2.45) is 0 Å². The molecule has 1 aromatic carbocycles. The highest BCUT2D eigenvalue weighted by Gasteiger charge is 2.61. The molecule has 10 heteroatoms. The van der Waals surface area contributed by atoms with Crippen LogP contribution in [0.3, 0.4) is 0 Å². The number of fused-ring (bicyclic) bond motifs is 1. The van der Waals surface area contributed by atoms with Crippen LogP contribution in [0, 0.1) is 0 Å². The van der Waals surface area contributed by atoms with Gasteiger partial charge in [0.2, 0.25) is 11.8 Å². The number of benzene rings is 1. The number of carbonyl (C=O) groups excluding carboxylic acids is 3. The summed E-state index contributed by atoms with van der Waals surface area (Å²) in [6.07, 6.45) is 1.77. The first-order chi connectivity index (χ1) is 15.2. The molecule has 0 saturated carbocycles. The van der Waals surface area contributed by atoms with E-state index in [-0.39, 0.29) is 30.0 Å². The Bertz CT molecular complexity index is 1100. The van der Waals surface area contributed by atoms with Gasteiger partial charge in [-0.25, -0.2) is 8.42 Å². The van der Waals surface area contributed by atoms with Crippen LogP contribution in [-0.2, 0) is 32.5 Å². The molecule has 32 heavy (non-hydrogen) atoms. The summed E-state index contributed by atoms with van der Waals surface area (Å²) in [5, 5.41) is 5.58. The van der Waals surface area contributed by atoms with Gasteiger partial charge in [0, 0.05) is 31.1 Å². The van der Waals surface area contributed by atoms with Crippen molar-refractivity contribution in [1.29, 1.82) is 0 Å². The Morgan fingerprint density at radius 1 is 1.19 bits per heavy atom. The lowest BCUT2D eigenvalue weighted by atomic mass is 9.87. The monoisotopic (exact) mass is 460 g/mol. The Morgan fingerprint density at radius 3 is 2.62 bits per heavy atom. The highest BCUT2D eigenvalue weighted by molar-refractivity contribution is 7.94. The fraction of sp³-hybridized carbons (Fsp3) is 0.591. The minimum absolute atomic E-state index is 0.0757.